The summed E-state index contributed by atoms with van der Waals surface area (Å²) >= 11 is 4.26. The molecule has 3 heteroatoms. The number of carbonyl (C=O) groups is 1. The summed E-state index contributed by atoms with van der Waals surface area (Å²) in [5, 5.41) is 11.4. The minimum Gasteiger partial charge on any atom is -0.550 e. The molecule has 0 saturated heterocycles. The maximum atomic E-state index is 8.89. The van der Waals surface area contributed by atoms with Crippen LogP contribution in [0.4, 0.5) is 0 Å². The fourth-order valence-corrected chi connectivity index (χ4v) is 1.39. The van der Waals surface area contributed by atoms with Crippen LogP contribution in [0, 0.1) is 0 Å². The summed E-state index contributed by atoms with van der Waals surface area (Å²) < 4.78 is 0. The van der Waals surface area contributed by atoms with Gasteiger partial charge in [0, 0.05) is 10.9 Å². The minimum atomic E-state index is -1.08. The molecule has 0 radical (unpaired) electrons. The number of fused-ring (bicyclic) bond motifs is 1. The van der Waals surface area contributed by atoms with Crippen molar-refractivity contribution in [1.29, 1.82) is 0 Å². The lowest BCUT2D eigenvalue weighted by molar-refractivity contribution is -0.302. The zero-order valence-corrected chi connectivity index (χ0v) is 9.20. The maximum Gasteiger partial charge on any atom is 0.0383 e. The predicted molar refractivity (Wildman–Crippen MR) is 61.9 cm³/mol. The Morgan fingerprint density at radius 2 is 1.67 bits per heavy atom. The Kier molecular flexibility index (Phi) is 4.18. The lowest BCUT2D eigenvalue weighted by Crippen LogP contribution is -2.16. The van der Waals surface area contributed by atoms with E-state index in [1.165, 1.54) is 10.8 Å². The smallest absolute Gasteiger partial charge is 0.0383 e. The van der Waals surface area contributed by atoms with E-state index < -0.39 is 5.97 Å². The van der Waals surface area contributed by atoms with Crippen molar-refractivity contribution in [2.75, 3.05) is 0 Å². The molecule has 0 saturated carbocycles. The quantitative estimate of drug-likeness (QED) is 0.687. The number of carbonyl (C=O) groups excluding carboxylic acids is 1. The molecule has 0 aliphatic rings. The van der Waals surface area contributed by atoms with Gasteiger partial charge in [-0.05, 0) is 29.8 Å². The maximum absolute atomic E-state index is 8.89. The second kappa shape index (κ2) is 5.41. The highest BCUT2D eigenvalue weighted by molar-refractivity contribution is 7.80. The number of hydrogen-bond donors (Lipinski definition) is 1. The van der Waals surface area contributed by atoms with E-state index >= 15 is 0 Å². The van der Waals surface area contributed by atoms with E-state index in [9.17, 15) is 0 Å². The Hall–Kier alpha value is -1.48. The van der Waals surface area contributed by atoms with Crippen LogP contribution < -0.4 is 5.11 Å². The summed E-state index contributed by atoms with van der Waals surface area (Å²) in [6.45, 7) is 0.972. The molecule has 0 bridgehead atoms. The third-order valence-corrected chi connectivity index (χ3v) is 2.01. The molecule has 0 unspecified atom stereocenters. The van der Waals surface area contributed by atoms with Gasteiger partial charge in [0.2, 0.25) is 0 Å². The van der Waals surface area contributed by atoms with Crippen molar-refractivity contribution in [2.24, 2.45) is 0 Å². The second-order valence-corrected chi connectivity index (χ2v) is 3.54. The summed E-state index contributed by atoms with van der Waals surface area (Å²) in [5.41, 5.74) is 0. The standard InChI is InChI=1S/C10H8S.C2H4O2/c11-10-6-5-8-3-1-2-4-9(8)7-10;1-2(3)4/h1-7,11H;1H3,(H,3,4)/p-1. The normalized spacial score (nSPS) is 9.20. The molecule has 0 atom stereocenters. The molecule has 2 aromatic carbocycles. The number of aliphatic carboxylic acids is 1. The highest BCUT2D eigenvalue weighted by Gasteiger charge is 1.90. The minimum absolute atomic E-state index is 0.972. The number of thiol groups is 1. The van der Waals surface area contributed by atoms with Gasteiger partial charge < -0.3 is 9.90 Å². The van der Waals surface area contributed by atoms with Crippen molar-refractivity contribution in [2.45, 2.75) is 11.8 Å². The summed E-state index contributed by atoms with van der Waals surface area (Å²) in [5.74, 6) is -1.08. The molecule has 0 fully saturated rings. The number of benzene rings is 2. The summed E-state index contributed by atoms with van der Waals surface area (Å²) in [6.07, 6.45) is 0. The SMILES string of the molecule is CC(=O)[O-].Sc1ccc2ccccc2c1. The molecule has 78 valence electrons. The van der Waals surface area contributed by atoms with Crippen molar-refractivity contribution in [1.82, 2.24) is 0 Å². The fraction of sp³-hybridized carbons (Fsp3) is 0.0833. The molecule has 0 aliphatic heterocycles. The van der Waals surface area contributed by atoms with Gasteiger partial charge in [-0.25, -0.2) is 0 Å². The predicted octanol–water partition coefficient (Wildman–Crippen LogP) is 1.88. The van der Waals surface area contributed by atoms with Gasteiger partial charge in [-0.3, -0.25) is 0 Å². The zero-order valence-electron chi connectivity index (χ0n) is 8.31. The Morgan fingerprint density at radius 3 is 2.27 bits per heavy atom. The summed E-state index contributed by atoms with van der Waals surface area (Å²) in [6, 6.07) is 14.4. The van der Waals surface area contributed by atoms with Crippen LogP contribution in [-0.4, -0.2) is 5.97 Å². The van der Waals surface area contributed by atoms with E-state index in [-0.39, 0.29) is 0 Å². The van der Waals surface area contributed by atoms with E-state index in [0.29, 0.717) is 0 Å². The van der Waals surface area contributed by atoms with Crippen LogP contribution in [-0.2, 0) is 4.79 Å². The third-order valence-electron chi connectivity index (χ3n) is 1.73. The van der Waals surface area contributed by atoms with E-state index in [2.05, 4.69) is 36.9 Å². The summed E-state index contributed by atoms with van der Waals surface area (Å²) in [4.78, 5) is 9.91. The molecule has 0 aromatic heterocycles. The van der Waals surface area contributed by atoms with Gasteiger partial charge in [0.25, 0.3) is 0 Å². The average Bonchev–Trinajstić information content (AvgIpc) is 2.16. The van der Waals surface area contributed by atoms with Gasteiger partial charge >= 0.3 is 0 Å². The Balaban J connectivity index is 0.000000245. The van der Waals surface area contributed by atoms with Crippen LogP contribution in [0.5, 0.6) is 0 Å². The van der Waals surface area contributed by atoms with Crippen molar-refractivity contribution in [3.63, 3.8) is 0 Å². The Morgan fingerprint density at radius 1 is 1.13 bits per heavy atom. The zero-order chi connectivity index (χ0) is 11.3. The molecular weight excluding hydrogens is 208 g/mol. The van der Waals surface area contributed by atoms with Crippen molar-refractivity contribution >= 4 is 29.4 Å². The second-order valence-electron chi connectivity index (χ2n) is 3.02. The largest absolute Gasteiger partial charge is 0.550 e. The molecule has 0 aliphatic carbocycles. The van der Waals surface area contributed by atoms with Gasteiger partial charge in [-0.1, -0.05) is 30.3 Å². The molecule has 0 heterocycles. The first-order valence-corrected chi connectivity index (χ1v) is 4.89. The van der Waals surface area contributed by atoms with Gasteiger partial charge in [0.1, 0.15) is 0 Å². The molecule has 2 nitrogen and oxygen atoms in total. The average molecular weight is 219 g/mol. The van der Waals surface area contributed by atoms with Crippen LogP contribution in [0.3, 0.4) is 0 Å². The van der Waals surface area contributed by atoms with Crippen LogP contribution in [0.2, 0.25) is 0 Å². The van der Waals surface area contributed by atoms with E-state index in [1.807, 2.05) is 18.2 Å². The van der Waals surface area contributed by atoms with Crippen LogP contribution in [0.15, 0.2) is 47.4 Å². The van der Waals surface area contributed by atoms with Crippen LogP contribution in [0.1, 0.15) is 6.92 Å². The van der Waals surface area contributed by atoms with Gasteiger partial charge in [-0.2, -0.15) is 0 Å². The van der Waals surface area contributed by atoms with Gasteiger partial charge in [0.05, 0.1) is 0 Å². The van der Waals surface area contributed by atoms with Crippen molar-refractivity contribution in [3.05, 3.63) is 42.5 Å². The highest BCUT2D eigenvalue weighted by Crippen LogP contribution is 2.17. The summed E-state index contributed by atoms with van der Waals surface area (Å²) in [7, 11) is 0. The first-order valence-electron chi connectivity index (χ1n) is 4.45. The number of rotatable bonds is 0. The highest BCUT2D eigenvalue weighted by atomic mass is 32.1. The molecular formula is C12H11O2S-. The molecule has 0 amide bonds. The van der Waals surface area contributed by atoms with Gasteiger partial charge in [0.15, 0.2) is 0 Å². The van der Waals surface area contributed by atoms with Crippen LogP contribution >= 0.6 is 12.6 Å². The number of carboxylic acids is 1. The number of carboxylic acid groups (broad SMARTS) is 1. The van der Waals surface area contributed by atoms with E-state index in [0.717, 1.165) is 11.8 Å². The van der Waals surface area contributed by atoms with Crippen molar-refractivity contribution < 1.29 is 9.90 Å². The van der Waals surface area contributed by atoms with Crippen LogP contribution in [0.25, 0.3) is 10.8 Å². The fourth-order valence-electron chi connectivity index (χ4n) is 1.18. The molecule has 2 aromatic rings. The third kappa shape index (κ3) is 4.04. The first kappa shape index (κ1) is 11.6. The molecule has 0 spiro atoms. The van der Waals surface area contributed by atoms with E-state index in [4.69, 9.17) is 9.90 Å². The van der Waals surface area contributed by atoms with E-state index in [1.54, 1.807) is 0 Å². The first-order chi connectivity index (χ1) is 7.09. The Labute approximate surface area is 94.0 Å². The Bertz CT molecular complexity index is 462. The lowest BCUT2D eigenvalue weighted by Gasteiger charge is -1.96. The van der Waals surface area contributed by atoms with Gasteiger partial charge in [-0.15, -0.1) is 12.6 Å². The lowest BCUT2D eigenvalue weighted by atomic mass is 10.1. The topological polar surface area (TPSA) is 40.1 Å². The molecule has 15 heavy (non-hydrogen) atoms. The molecule has 0 N–H and O–H groups in total. The monoisotopic (exact) mass is 219 g/mol. The van der Waals surface area contributed by atoms with Crippen molar-refractivity contribution in [3.8, 4) is 0 Å². The number of hydrogen-bond acceptors (Lipinski definition) is 3. The molecule has 2 rings (SSSR count).